The third-order valence-electron chi connectivity index (χ3n) is 3.55. The number of aliphatic hydroxyl groups is 1. The molecular formula is C18H25F3N2O6. The molecular weight excluding hydrogens is 397 g/mol. The molecule has 1 rings (SSSR count). The highest BCUT2D eigenvalue weighted by atomic mass is 19.4. The van der Waals surface area contributed by atoms with Gasteiger partial charge in [-0.3, -0.25) is 4.79 Å². The molecule has 0 saturated heterocycles. The second-order valence-corrected chi connectivity index (χ2v) is 6.63. The van der Waals surface area contributed by atoms with E-state index in [0.29, 0.717) is 12.8 Å². The van der Waals surface area contributed by atoms with E-state index in [1.54, 1.807) is 0 Å². The Bertz CT molecular complexity index is 667. The van der Waals surface area contributed by atoms with Crippen LogP contribution in [0.5, 0.6) is 0 Å². The SMILES string of the molecule is CC(C)CC(NC(=O)[C@@H](O)[C@H](N)Cc1ccccc1)C(=O)O.O=C(O)C(F)(F)F. The van der Waals surface area contributed by atoms with Crippen LogP contribution >= 0.6 is 0 Å². The lowest BCUT2D eigenvalue weighted by Crippen LogP contribution is -2.52. The molecule has 164 valence electrons. The molecule has 29 heavy (non-hydrogen) atoms. The van der Waals surface area contributed by atoms with E-state index < -0.39 is 42.2 Å². The molecule has 0 spiro atoms. The van der Waals surface area contributed by atoms with Crippen LogP contribution in [0.15, 0.2) is 30.3 Å². The maximum Gasteiger partial charge on any atom is 0.490 e. The minimum absolute atomic E-state index is 0.108. The average molecular weight is 422 g/mol. The molecule has 1 amide bonds. The van der Waals surface area contributed by atoms with Gasteiger partial charge in [-0.25, -0.2) is 9.59 Å². The maximum absolute atomic E-state index is 12.0. The third-order valence-corrected chi connectivity index (χ3v) is 3.55. The zero-order chi connectivity index (χ0) is 22.8. The van der Waals surface area contributed by atoms with Gasteiger partial charge in [-0.15, -0.1) is 0 Å². The van der Waals surface area contributed by atoms with E-state index in [-0.39, 0.29) is 5.92 Å². The number of aliphatic hydroxyl groups excluding tert-OH is 1. The topological polar surface area (TPSA) is 150 Å². The van der Waals surface area contributed by atoms with Crippen molar-refractivity contribution in [1.82, 2.24) is 5.32 Å². The number of carbonyl (C=O) groups excluding carboxylic acids is 1. The van der Waals surface area contributed by atoms with Crippen LogP contribution in [0.4, 0.5) is 13.2 Å². The number of carbonyl (C=O) groups is 3. The highest BCUT2D eigenvalue weighted by Crippen LogP contribution is 2.13. The monoisotopic (exact) mass is 422 g/mol. The summed E-state index contributed by atoms with van der Waals surface area (Å²) in [6.45, 7) is 3.72. The first-order valence-corrected chi connectivity index (χ1v) is 8.56. The highest BCUT2D eigenvalue weighted by molar-refractivity contribution is 5.86. The fourth-order valence-corrected chi connectivity index (χ4v) is 2.14. The predicted molar refractivity (Wildman–Crippen MR) is 96.8 cm³/mol. The number of rotatable bonds is 8. The van der Waals surface area contributed by atoms with Gasteiger partial charge in [0.15, 0.2) is 0 Å². The normalized spacial score (nSPS) is 14.2. The van der Waals surface area contributed by atoms with Gasteiger partial charge >= 0.3 is 18.1 Å². The first-order valence-electron chi connectivity index (χ1n) is 8.56. The molecule has 0 heterocycles. The van der Waals surface area contributed by atoms with Crippen molar-refractivity contribution in [2.45, 2.75) is 51.1 Å². The Labute approximate surface area is 165 Å². The van der Waals surface area contributed by atoms with Crippen LogP contribution in [0, 0.1) is 5.92 Å². The van der Waals surface area contributed by atoms with Crippen LogP contribution in [0.25, 0.3) is 0 Å². The lowest BCUT2D eigenvalue weighted by molar-refractivity contribution is -0.192. The Hall–Kier alpha value is -2.66. The molecule has 0 aromatic heterocycles. The van der Waals surface area contributed by atoms with Crippen LogP contribution in [0.3, 0.4) is 0 Å². The fraction of sp³-hybridized carbons (Fsp3) is 0.500. The van der Waals surface area contributed by atoms with E-state index >= 15 is 0 Å². The molecule has 0 aliphatic heterocycles. The maximum atomic E-state index is 12.0. The number of carboxylic acids is 2. The average Bonchev–Trinajstić information content (AvgIpc) is 2.60. The van der Waals surface area contributed by atoms with Crippen molar-refractivity contribution in [1.29, 1.82) is 0 Å². The van der Waals surface area contributed by atoms with Gasteiger partial charge in [0.2, 0.25) is 0 Å². The van der Waals surface area contributed by atoms with Crippen molar-refractivity contribution in [2.75, 3.05) is 0 Å². The summed E-state index contributed by atoms with van der Waals surface area (Å²) in [5, 5.41) is 28.6. The number of nitrogens with one attached hydrogen (secondary N) is 1. The zero-order valence-electron chi connectivity index (χ0n) is 15.9. The van der Waals surface area contributed by atoms with Crippen LogP contribution < -0.4 is 11.1 Å². The molecule has 0 fully saturated rings. The number of amides is 1. The summed E-state index contributed by atoms with van der Waals surface area (Å²) in [7, 11) is 0. The largest absolute Gasteiger partial charge is 0.490 e. The number of carboxylic acid groups (broad SMARTS) is 2. The van der Waals surface area contributed by atoms with Crippen molar-refractivity contribution in [3.05, 3.63) is 35.9 Å². The van der Waals surface area contributed by atoms with E-state index in [9.17, 15) is 27.9 Å². The summed E-state index contributed by atoms with van der Waals surface area (Å²) in [6.07, 6.45) is -5.91. The first-order chi connectivity index (χ1) is 13.3. The van der Waals surface area contributed by atoms with Crippen LogP contribution in [-0.4, -0.2) is 57.5 Å². The minimum Gasteiger partial charge on any atom is -0.480 e. The number of hydrogen-bond acceptors (Lipinski definition) is 5. The summed E-state index contributed by atoms with van der Waals surface area (Å²) in [6, 6.07) is 7.44. The van der Waals surface area contributed by atoms with Crippen molar-refractivity contribution < 1.29 is 42.9 Å². The van der Waals surface area contributed by atoms with Gasteiger partial charge in [0.25, 0.3) is 5.91 Å². The molecule has 0 radical (unpaired) electrons. The number of nitrogens with two attached hydrogens (primary N) is 1. The molecule has 0 bridgehead atoms. The van der Waals surface area contributed by atoms with E-state index in [4.69, 9.17) is 20.7 Å². The van der Waals surface area contributed by atoms with Gasteiger partial charge in [0.05, 0.1) is 0 Å². The van der Waals surface area contributed by atoms with Crippen LogP contribution in [0.1, 0.15) is 25.8 Å². The Morgan fingerprint density at radius 2 is 1.59 bits per heavy atom. The van der Waals surface area contributed by atoms with Gasteiger partial charge in [-0.1, -0.05) is 44.2 Å². The predicted octanol–water partition coefficient (Wildman–Crippen LogP) is 1.17. The summed E-state index contributed by atoms with van der Waals surface area (Å²) in [5.41, 5.74) is 6.75. The van der Waals surface area contributed by atoms with E-state index in [1.165, 1.54) is 0 Å². The number of alkyl halides is 3. The Balaban J connectivity index is 0.000000956. The van der Waals surface area contributed by atoms with Crippen LogP contribution in [0.2, 0.25) is 0 Å². The van der Waals surface area contributed by atoms with Crippen molar-refractivity contribution in [2.24, 2.45) is 11.7 Å². The molecule has 0 aliphatic carbocycles. The second kappa shape index (κ2) is 12.0. The van der Waals surface area contributed by atoms with E-state index in [1.807, 2.05) is 44.2 Å². The molecule has 0 saturated carbocycles. The lowest BCUT2D eigenvalue weighted by Gasteiger charge is -2.22. The van der Waals surface area contributed by atoms with Crippen molar-refractivity contribution in [3.63, 3.8) is 0 Å². The number of benzene rings is 1. The minimum atomic E-state index is -5.08. The zero-order valence-corrected chi connectivity index (χ0v) is 15.9. The van der Waals surface area contributed by atoms with Crippen molar-refractivity contribution in [3.8, 4) is 0 Å². The molecule has 0 aliphatic rings. The highest BCUT2D eigenvalue weighted by Gasteiger charge is 2.38. The number of aliphatic carboxylic acids is 2. The molecule has 1 unspecified atom stereocenters. The van der Waals surface area contributed by atoms with E-state index in [2.05, 4.69) is 5.32 Å². The smallest absolute Gasteiger partial charge is 0.480 e. The molecule has 1 aromatic carbocycles. The summed E-state index contributed by atoms with van der Waals surface area (Å²) in [4.78, 5) is 32.0. The Kier molecular flexibility index (Phi) is 10.9. The van der Waals surface area contributed by atoms with E-state index in [0.717, 1.165) is 5.56 Å². The Morgan fingerprint density at radius 3 is 1.97 bits per heavy atom. The molecule has 3 atom stereocenters. The summed E-state index contributed by atoms with van der Waals surface area (Å²) >= 11 is 0. The van der Waals surface area contributed by atoms with Gasteiger partial charge in [0, 0.05) is 6.04 Å². The third kappa shape index (κ3) is 11.1. The molecule has 1 aromatic rings. The van der Waals surface area contributed by atoms with Gasteiger partial charge in [-0.2, -0.15) is 13.2 Å². The molecule has 6 N–H and O–H groups in total. The number of hydrogen-bond donors (Lipinski definition) is 5. The quantitative estimate of drug-likeness (QED) is 0.422. The summed E-state index contributed by atoms with van der Waals surface area (Å²) in [5.74, 6) is -4.52. The number of halogens is 3. The summed E-state index contributed by atoms with van der Waals surface area (Å²) < 4.78 is 31.7. The van der Waals surface area contributed by atoms with Gasteiger partial charge in [0.1, 0.15) is 12.1 Å². The second-order valence-electron chi connectivity index (χ2n) is 6.63. The first kappa shape index (κ1) is 26.3. The van der Waals surface area contributed by atoms with Gasteiger partial charge in [-0.05, 0) is 24.3 Å². The standard InChI is InChI=1S/C16H24N2O4.C2HF3O2/c1-10(2)8-13(16(21)22)18-15(20)14(19)12(17)9-11-6-4-3-5-7-11;3-2(4,5)1(6)7/h3-7,10,12-14,19H,8-9,17H2,1-2H3,(H,18,20)(H,21,22);(H,6,7)/t12-,13?,14+;/m1./s1. The van der Waals surface area contributed by atoms with Gasteiger partial charge < -0.3 is 26.4 Å². The fourth-order valence-electron chi connectivity index (χ4n) is 2.14. The molecule has 8 nitrogen and oxygen atoms in total. The lowest BCUT2D eigenvalue weighted by atomic mass is 10.00. The van der Waals surface area contributed by atoms with Crippen LogP contribution in [-0.2, 0) is 20.8 Å². The Morgan fingerprint density at radius 1 is 1.10 bits per heavy atom. The molecule has 11 heteroatoms. The van der Waals surface area contributed by atoms with Crippen molar-refractivity contribution >= 4 is 17.8 Å².